The van der Waals surface area contributed by atoms with E-state index in [1.165, 1.54) is 18.2 Å². The fourth-order valence-electron chi connectivity index (χ4n) is 6.02. The lowest BCUT2D eigenvalue weighted by Crippen LogP contribution is -2.21. The standard InChI is InChI=1S/C42H31N7O8S/c1-24-21-28(29-13-17-34(25(2)22-29)46-48-36-18-11-27-8-4-6-10-32(27)40(36)57-58(54,55)56)12-16-33(24)45-47-35-19-15-30(23-37(35)43-41(51)42(52)53)44-49-39-31-9-5-3-7-26(31)14-20-38(39)50/h3-23,50H,1-2H3,(H,43,51)(H,52,53)(H,54,55,56). The smallest absolute Gasteiger partial charge is 0.446 e. The molecule has 1 amide bonds. The summed E-state index contributed by atoms with van der Waals surface area (Å²) < 4.78 is 37.5. The Morgan fingerprint density at radius 1 is 0.603 bits per heavy atom. The summed E-state index contributed by atoms with van der Waals surface area (Å²) in [6, 6.07) is 36.3. The Kier molecular flexibility index (Phi) is 10.8. The number of carbonyl (C=O) groups is 2. The number of fused-ring (bicyclic) bond motifs is 2. The van der Waals surface area contributed by atoms with Gasteiger partial charge in [-0.05, 0) is 101 Å². The third-order valence-electron chi connectivity index (χ3n) is 8.87. The second-order valence-electron chi connectivity index (χ2n) is 12.9. The number of amides is 1. The number of nitrogens with zero attached hydrogens (tertiary/aromatic N) is 6. The fraction of sp³-hybridized carbons (Fsp3) is 0.0476. The number of hydrogen-bond acceptors (Lipinski definition) is 12. The molecule has 0 bridgehead atoms. The first-order valence-corrected chi connectivity index (χ1v) is 18.7. The molecule has 7 aromatic rings. The summed E-state index contributed by atoms with van der Waals surface area (Å²) in [6.45, 7) is 3.70. The quantitative estimate of drug-likeness (QED) is 0.0590. The van der Waals surface area contributed by atoms with E-state index < -0.39 is 22.3 Å². The van der Waals surface area contributed by atoms with Crippen molar-refractivity contribution in [3.8, 4) is 22.6 Å². The van der Waals surface area contributed by atoms with Crippen LogP contribution in [0, 0.1) is 13.8 Å². The first-order valence-electron chi connectivity index (χ1n) is 17.4. The van der Waals surface area contributed by atoms with Crippen LogP contribution in [0.5, 0.6) is 11.5 Å². The van der Waals surface area contributed by atoms with Crippen LogP contribution in [-0.4, -0.2) is 35.1 Å². The highest BCUT2D eigenvalue weighted by atomic mass is 32.3. The van der Waals surface area contributed by atoms with Gasteiger partial charge in [0.25, 0.3) is 0 Å². The van der Waals surface area contributed by atoms with Gasteiger partial charge >= 0.3 is 22.3 Å². The number of carbonyl (C=O) groups excluding carboxylic acids is 1. The highest BCUT2D eigenvalue weighted by molar-refractivity contribution is 7.81. The lowest BCUT2D eigenvalue weighted by molar-refractivity contribution is -0.147. The van der Waals surface area contributed by atoms with Crippen LogP contribution >= 0.6 is 0 Å². The molecule has 0 aliphatic heterocycles. The van der Waals surface area contributed by atoms with E-state index in [1.54, 1.807) is 66.7 Å². The minimum Gasteiger partial charge on any atom is -0.506 e. The van der Waals surface area contributed by atoms with E-state index in [0.717, 1.165) is 27.6 Å². The number of carboxylic acids is 1. The molecule has 0 atom stereocenters. The molecule has 0 fully saturated rings. The van der Waals surface area contributed by atoms with E-state index >= 15 is 0 Å². The van der Waals surface area contributed by atoms with Crippen molar-refractivity contribution in [2.24, 2.45) is 30.7 Å². The molecule has 15 nitrogen and oxygen atoms in total. The highest BCUT2D eigenvalue weighted by Crippen LogP contribution is 2.40. The van der Waals surface area contributed by atoms with Gasteiger partial charge in [-0.3, -0.25) is 9.35 Å². The van der Waals surface area contributed by atoms with Gasteiger partial charge in [0, 0.05) is 10.8 Å². The molecule has 288 valence electrons. The predicted molar refractivity (Wildman–Crippen MR) is 218 cm³/mol. The monoisotopic (exact) mass is 793 g/mol. The van der Waals surface area contributed by atoms with Crippen LogP contribution in [0.2, 0.25) is 0 Å². The normalized spacial score (nSPS) is 11.9. The molecule has 0 aromatic heterocycles. The number of aliphatic carboxylic acids is 1. The highest BCUT2D eigenvalue weighted by Gasteiger charge is 2.17. The van der Waals surface area contributed by atoms with Gasteiger partial charge in [0.15, 0.2) is 5.75 Å². The van der Waals surface area contributed by atoms with Crippen LogP contribution in [0.25, 0.3) is 32.7 Å². The summed E-state index contributed by atoms with van der Waals surface area (Å²) in [6.07, 6.45) is 0. The van der Waals surface area contributed by atoms with Gasteiger partial charge in [0.1, 0.15) is 22.8 Å². The zero-order valence-corrected chi connectivity index (χ0v) is 31.4. The largest absolute Gasteiger partial charge is 0.506 e. The van der Waals surface area contributed by atoms with Crippen LogP contribution in [0.1, 0.15) is 11.1 Å². The molecule has 16 heteroatoms. The minimum atomic E-state index is -4.83. The summed E-state index contributed by atoms with van der Waals surface area (Å²) in [5.41, 5.74) is 5.08. The number of aromatic hydroxyl groups is 1. The summed E-state index contributed by atoms with van der Waals surface area (Å²) in [5.74, 6) is -3.21. The van der Waals surface area contributed by atoms with Crippen LogP contribution in [0.3, 0.4) is 0 Å². The maximum absolute atomic E-state index is 12.2. The Bertz CT molecular complexity index is 2990. The van der Waals surface area contributed by atoms with E-state index in [4.69, 9.17) is 4.18 Å². The lowest BCUT2D eigenvalue weighted by Gasteiger charge is -2.10. The number of carboxylic acid groups (broad SMARTS) is 1. The molecule has 0 spiro atoms. The third-order valence-corrected chi connectivity index (χ3v) is 9.25. The van der Waals surface area contributed by atoms with E-state index in [1.807, 2.05) is 56.3 Å². The topological polar surface area (TPSA) is 224 Å². The molecule has 0 saturated heterocycles. The second-order valence-corrected chi connectivity index (χ2v) is 13.9. The maximum atomic E-state index is 12.2. The SMILES string of the molecule is Cc1cc(-c2ccc(N=Nc3ccc4ccccc4c3OS(=O)(=O)O)c(C)c2)ccc1N=Nc1ccc(N=Nc2c(O)ccc3ccccc23)cc1NC(=O)C(=O)O. The number of phenolic OH excluding ortho intramolecular Hbond substituents is 1. The number of benzene rings is 7. The predicted octanol–water partition coefficient (Wildman–Crippen LogP) is 11.4. The molecule has 0 saturated carbocycles. The molecule has 0 aliphatic rings. The van der Waals surface area contributed by atoms with Crippen molar-refractivity contribution in [1.29, 1.82) is 0 Å². The zero-order chi connectivity index (χ0) is 41.0. The molecule has 7 rings (SSSR count). The first-order chi connectivity index (χ1) is 27.8. The van der Waals surface area contributed by atoms with Gasteiger partial charge in [0.05, 0.1) is 22.7 Å². The van der Waals surface area contributed by atoms with Crippen molar-refractivity contribution in [3.63, 3.8) is 0 Å². The van der Waals surface area contributed by atoms with Crippen molar-refractivity contribution in [1.82, 2.24) is 0 Å². The van der Waals surface area contributed by atoms with Gasteiger partial charge in [-0.25, -0.2) is 4.79 Å². The number of hydrogen-bond donors (Lipinski definition) is 4. The van der Waals surface area contributed by atoms with Crippen LogP contribution < -0.4 is 9.50 Å². The fourth-order valence-corrected chi connectivity index (χ4v) is 6.40. The molecular formula is C42H31N7O8S. The lowest BCUT2D eigenvalue weighted by atomic mass is 10.0. The average molecular weight is 794 g/mol. The molecular weight excluding hydrogens is 763 g/mol. The molecule has 0 unspecified atom stereocenters. The van der Waals surface area contributed by atoms with Gasteiger partial charge in [-0.1, -0.05) is 72.8 Å². The molecule has 0 heterocycles. The summed E-state index contributed by atoms with van der Waals surface area (Å²) in [7, 11) is -4.83. The number of azo groups is 3. The summed E-state index contributed by atoms with van der Waals surface area (Å²) >= 11 is 0. The molecule has 0 radical (unpaired) electrons. The number of rotatable bonds is 10. The molecule has 0 aliphatic carbocycles. The Labute approximate surface area is 330 Å². The number of phenols is 1. The third kappa shape index (κ3) is 8.73. The van der Waals surface area contributed by atoms with Crippen molar-refractivity contribution >= 4 is 83.6 Å². The first kappa shape index (κ1) is 38.6. The van der Waals surface area contributed by atoms with E-state index in [-0.39, 0.29) is 39.9 Å². The maximum Gasteiger partial charge on any atom is 0.446 e. The summed E-state index contributed by atoms with van der Waals surface area (Å²) in [5, 5.41) is 50.4. The van der Waals surface area contributed by atoms with E-state index in [0.29, 0.717) is 27.5 Å². The number of nitrogens with one attached hydrogen (secondary N) is 1. The van der Waals surface area contributed by atoms with Gasteiger partial charge in [-0.15, -0.1) is 15.3 Å². The molecule has 58 heavy (non-hydrogen) atoms. The van der Waals surface area contributed by atoms with Crippen LogP contribution in [-0.2, 0) is 20.0 Å². The molecule has 4 N–H and O–H groups in total. The Morgan fingerprint density at radius 2 is 1.14 bits per heavy atom. The van der Waals surface area contributed by atoms with Gasteiger partial charge in [0.2, 0.25) is 0 Å². The minimum absolute atomic E-state index is 0.0273. The number of aryl methyl sites for hydroxylation is 2. The summed E-state index contributed by atoms with van der Waals surface area (Å²) in [4.78, 5) is 23.6. The Hall–Kier alpha value is -7.69. The number of anilines is 1. The van der Waals surface area contributed by atoms with E-state index in [9.17, 15) is 32.8 Å². The molecule has 7 aromatic carbocycles. The van der Waals surface area contributed by atoms with Crippen molar-refractivity contribution < 1.29 is 37.0 Å². The van der Waals surface area contributed by atoms with Crippen molar-refractivity contribution in [2.45, 2.75) is 13.8 Å². The van der Waals surface area contributed by atoms with Gasteiger partial charge in [-0.2, -0.15) is 23.8 Å². The second kappa shape index (κ2) is 16.2. The van der Waals surface area contributed by atoms with Gasteiger partial charge < -0.3 is 19.7 Å². The average Bonchev–Trinajstić information content (AvgIpc) is 3.20. The van der Waals surface area contributed by atoms with Crippen LogP contribution in [0.15, 0.2) is 158 Å². The Morgan fingerprint density at radius 3 is 1.76 bits per heavy atom. The van der Waals surface area contributed by atoms with Crippen LogP contribution in [0.4, 0.5) is 39.8 Å². The zero-order valence-electron chi connectivity index (χ0n) is 30.6. The Balaban J connectivity index is 1.12. The van der Waals surface area contributed by atoms with Crippen molar-refractivity contribution in [3.05, 3.63) is 139 Å². The van der Waals surface area contributed by atoms with E-state index in [2.05, 4.69) is 36.0 Å². The van der Waals surface area contributed by atoms with Crippen molar-refractivity contribution in [2.75, 3.05) is 5.32 Å².